The first-order chi connectivity index (χ1) is 13.2. The summed E-state index contributed by atoms with van der Waals surface area (Å²) in [4.78, 5) is 11.4. The summed E-state index contributed by atoms with van der Waals surface area (Å²) in [5.74, 6) is 0.308. The minimum absolute atomic E-state index is 0.185. The molecular weight excluding hydrogens is 404 g/mol. The van der Waals surface area contributed by atoms with Crippen LogP contribution >= 0.6 is 11.6 Å². The molecule has 146 valence electrons. The molecule has 1 aromatic heterocycles. The molecule has 1 heterocycles. The van der Waals surface area contributed by atoms with E-state index >= 15 is 0 Å². The van der Waals surface area contributed by atoms with Crippen molar-refractivity contribution in [2.75, 3.05) is 16.9 Å². The minimum atomic E-state index is -3.28. The zero-order chi connectivity index (χ0) is 20.3. The highest BCUT2D eigenvalue weighted by Gasteiger charge is 2.12. The van der Waals surface area contributed by atoms with Crippen LogP contribution in [0.3, 0.4) is 0 Å². The van der Waals surface area contributed by atoms with Gasteiger partial charge in [-0.15, -0.1) is 5.10 Å². The van der Waals surface area contributed by atoms with E-state index in [4.69, 9.17) is 11.6 Å². The molecule has 0 saturated heterocycles. The molecule has 0 radical (unpaired) electrons. The van der Waals surface area contributed by atoms with E-state index < -0.39 is 9.84 Å². The lowest BCUT2D eigenvalue weighted by molar-refractivity contribution is -0.114. The van der Waals surface area contributed by atoms with Crippen molar-refractivity contribution < 1.29 is 13.2 Å². The van der Waals surface area contributed by atoms with Crippen molar-refractivity contribution in [3.63, 3.8) is 0 Å². The number of sulfone groups is 1. The first kappa shape index (κ1) is 19.8. The molecule has 0 aliphatic rings. The van der Waals surface area contributed by atoms with Crippen molar-refractivity contribution in [3.8, 4) is 5.69 Å². The molecule has 3 rings (SSSR count). The van der Waals surface area contributed by atoms with Crippen molar-refractivity contribution in [1.29, 1.82) is 0 Å². The van der Waals surface area contributed by atoms with Gasteiger partial charge in [-0.05, 0) is 52.9 Å². The number of tetrazole rings is 1. The highest BCUT2D eigenvalue weighted by atomic mass is 35.5. The van der Waals surface area contributed by atoms with Gasteiger partial charge in [-0.2, -0.15) is 4.68 Å². The Morgan fingerprint density at radius 2 is 1.89 bits per heavy atom. The van der Waals surface area contributed by atoms with Gasteiger partial charge >= 0.3 is 0 Å². The summed E-state index contributed by atoms with van der Waals surface area (Å²) in [6, 6.07) is 11.3. The molecule has 1 amide bonds. The number of nitrogens with one attached hydrogen (secondary N) is 2. The molecular formula is C17H17ClN6O3S. The van der Waals surface area contributed by atoms with Gasteiger partial charge in [-0.3, -0.25) is 4.79 Å². The maximum atomic E-state index is 11.6. The molecule has 2 aromatic carbocycles. The van der Waals surface area contributed by atoms with E-state index in [2.05, 4.69) is 26.2 Å². The van der Waals surface area contributed by atoms with Crippen LogP contribution in [-0.2, 0) is 21.2 Å². The lowest BCUT2D eigenvalue weighted by atomic mass is 10.2. The van der Waals surface area contributed by atoms with Gasteiger partial charge in [-0.1, -0.05) is 11.6 Å². The van der Waals surface area contributed by atoms with Gasteiger partial charge < -0.3 is 10.6 Å². The second-order valence-electron chi connectivity index (χ2n) is 6.00. The predicted octanol–water partition coefficient (Wildman–Crippen LogP) is 2.29. The fraction of sp³-hybridized carbons (Fsp3) is 0.176. The van der Waals surface area contributed by atoms with E-state index in [0.717, 1.165) is 6.26 Å². The van der Waals surface area contributed by atoms with Crippen molar-refractivity contribution >= 4 is 38.7 Å². The van der Waals surface area contributed by atoms with Gasteiger partial charge in [0, 0.05) is 18.9 Å². The highest BCUT2D eigenvalue weighted by Crippen LogP contribution is 2.26. The molecule has 0 aliphatic heterocycles. The summed E-state index contributed by atoms with van der Waals surface area (Å²) in [5, 5.41) is 17.9. The summed E-state index contributed by atoms with van der Waals surface area (Å²) >= 11 is 6.20. The van der Waals surface area contributed by atoms with Gasteiger partial charge in [0.15, 0.2) is 15.7 Å². The first-order valence-electron chi connectivity index (χ1n) is 8.13. The van der Waals surface area contributed by atoms with Gasteiger partial charge in [0.1, 0.15) is 0 Å². The molecule has 0 saturated carbocycles. The fourth-order valence-electron chi connectivity index (χ4n) is 2.47. The van der Waals surface area contributed by atoms with Crippen molar-refractivity contribution in [2.24, 2.45) is 0 Å². The number of nitrogens with zero attached hydrogens (tertiary/aromatic N) is 4. The van der Waals surface area contributed by atoms with Crippen LogP contribution in [0.1, 0.15) is 12.7 Å². The van der Waals surface area contributed by atoms with Crippen LogP contribution in [0.5, 0.6) is 0 Å². The molecule has 11 heteroatoms. The molecule has 9 nitrogen and oxygen atoms in total. The minimum Gasteiger partial charge on any atom is -0.376 e. The smallest absolute Gasteiger partial charge is 0.221 e. The molecule has 0 atom stereocenters. The molecule has 0 fully saturated rings. The third-order valence-corrected chi connectivity index (χ3v) is 5.23. The molecule has 2 N–H and O–H groups in total. The Morgan fingerprint density at radius 3 is 2.54 bits per heavy atom. The van der Waals surface area contributed by atoms with E-state index in [9.17, 15) is 13.2 Å². The quantitative estimate of drug-likeness (QED) is 0.627. The molecule has 3 aromatic rings. The summed E-state index contributed by atoms with van der Waals surface area (Å²) in [6.07, 6.45) is 1.15. The van der Waals surface area contributed by atoms with Crippen LogP contribution in [-0.4, -0.2) is 40.8 Å². The number of carbonyl (C=O) groups is 1. The largest absolute Gasteiger partial charge is 0.376 e. The third-order valence-electron chi connectivity index (χ3n) is 3.77. The Bertz CT molecular complexity index is 1110. The molecule has 28 heavy (non-hydrogen) atoms. The summed E-state index contributed by atoms with van der Waals surface area (Å²) < 4.78 is 24.7. The third kappa shape index (κ3) is 4.65. The number of amides is 1. The number of halogens is 1. The summed E-state index contributed by atoms with van der Waals surface area (Å²) in [5.41, 5.74) is 1.83. The Hall–Kier alpha value is -2.98. The first-order valence-corrected chi connectivity index (χ1v) is 10.4. The molecule has 0 bridgehead atoms. The second kappa shape index (κ2) is 7.95. The Morgan fingerprint density at radius 1 is 1.18 bits per heavy atom. The number of aromatic nitrogens is 4. The second-order valence-corrected chi connectivity index (χ2v) is 8.43. The van der Waals surface area contributed by atoms with Crippen molar-refractivity contribution in [3.05, 3.63) is 53.3 Å². The van der Waals surface area contributed by atoms with E-state index in [1.807, 2.05) is 0 Å². The monoisotopic (exact) mass is 420 g/mol. The number of anilines is 2. The summed E-state index contributed by atoms with van der Waals surface area (Å²) in [7, 11) is -3.28. The van der Waals surface area contributed by atoms with E-state index in [-0.39, 0.29) is 17.3 Å². The number of carbonyl (C=O) groups excluding carboxylic acids is 1. The molecule has 0 aliphatic carbocycles. The standard InChI is InChI=1S/C17H17ClN6O3S/c1-11(25)20-12-3-8-15(18)16(9-12)19-10-17-21-22-23-24(17)13-4-6-14(7-5-13)28(2,26)27/h3-9,19H,10H2,1-2H3,(H,20,25). The lowest BCUT2D eigenvalue weighted by Crippen LogP contribution is -2.10. The van der Waals surface area contributed by atoms with Crippen molar-refractivity contribution in [2.45, 2.75) is 18.4 Å². The average Bonchev–Trinajstić information content (AvgIpc) is 3.09. The predicted molar refractivity (Wildman–Crippen MR) is 105 cm³/mol. The Balaban J connectivity index is 1.79. The maximum absolute atomic E-state index is 11.6. The molecule has 0 unspecified atom stereocenters. The SMILES string of the molecule is CC(=O)Nc1ccc(Cl)c(NCc2nnnn2-c2ccc(S(C)(=O)=O)cc2)c1. The number of rotatable bonds is 6. The zero-order valence-corrected chi connectivity index (χ0v) is 16.6. The van der Waals surface area contributed by atoms with Crippen LogP contribution in [0.2, 0.25) is 5.02 Å². The van der Waals surface area contributed by atoms with Gasteiger partial charge in [0.25, 0.3) is 0 Å². The normalized spacial score (nSPS) is 11.2. The maximum Gasteiger partial charge on any atom is 0.221 e. The topological polar surface area (TPSA) is 119 Å². The molecule has 0 spiro atoms. The number of hydrogen-bond donors (Lipinski definition) is 2. The van der Waals surface area contributed by atoms with Gasteiger partial charge in [0.2, 0.25) is 5.91 Å². The average molecular weight is 421 g/mol. The zero-order valence-electron chi connectivity index (χ0n) is 15.0. The Kier molecular flexibility index (Phi) is 5.61. The Labute approximate surface area is 166 Å². The van der Waals surface area contributed by atoms with E-state index in [1.165, 1.54) is 23.7 Å². The number of benzene rings is 2. The fourth-order valence-corrected chi connectivity index (χ4v) is 3.28. The van der Waals surface area contributed by atoms with E-state index in [1.54, 1.807) is 30.3 Å². The van der Waals surface area contributed by atoms with Gasteiger partial charge in [-0.25, -0.2) is 8.42 Å². The van der Waals surface area contributed by atoms with E-state index in [0.29, 0.717) is 27.9 Å². The van der Waals surface area contributed by atoms with Crippen LogP contribution in [0.15, 0.2) is 47.4 Å². The van der Waals surface area contributed by atoms with Crippen LogP contribution in [0, 0.1) is 0 Å². The lowest BCUT2D eigenvalue weighted by Gasteiger charge is -2.11. The van der Waals surface area contributed by atoms with Crippen LogP contribution in [0.25, 0.3) is 5.69 Å². The van der Waals surface area contributed by atoms with Crippen molar-refractivity contribution in [1.82, 2.24) is 20.2 Å². The van der Waals surface area contributed by atoms with Crippen LogP contribution in [0.4, 0.5) is 11.4 Å². The van der Waals surface area contributed by atoms with Crippen LogP contribution < -0.4 is 10.6 Å². The van der Waals surface area contributed by atoms with Gasteiger partial charge in [0.05, 0.1) is 27.8 Å². The highest BCUT2D eigenvalue weighted by molar-refractivity contribution is 7.90. The summed E-state index contributed by atoms with van der Waals surface area (Å²) in [6.45, 7) is 1.68. The number of hydrogen-bond acceptors (Lipinski definition) is 7.